The lowest BCUT2D eigenvalue weighted by atomic mass is 10.1. The molecule has 0 saturated carbocycles. The normalized spacial score (nSPS) is 19.3. The van der Waals surface area contributed by atoms with Crippen molar-refractivity contribution in [3.05, 3.63) is 54.1 Å². The van der Waals surface area contributed by atoms with E-state index in [4.69, 9.17) is 0 Å². The topological polar surface area (TPSA) is 73.0 Å². The monoisotopic (exact) mass is 414 g/mol. The highest BCUT2D eigenvalue weighted by Gasteiger charge is 2.28. The van der Waals surface area contributed by atoms with Gasteiger partial charge in [-0.05, 0) is 55.9 Å². The van der Waals surface area contributed by atoms with Crippen molar-refractivity contribution in [1.82, 2.24) is 4.90 Å². The van der Waals surface area contributed by atoms with Crippen LogP contribution in [0.15, 0.2) is 48.5 Å². The second kappa shape index (κ2) is 8.04. The van der Waals surface area contributed by atoms with Crippen molar-refractivity contribution in [2.75, 3.05) is 60.0 Å². The summed E-state index contributed by atoms with van der Waals surface area (Å²) in [6.45, 7) is 4.53. The fraction of sp³-hybridized carbons (Fsp3) is 0.381. The molecule has 2 saturated heterocycles. The molecule has 4 rings (SSSR count). The Hall–Kier alpha value is -2.58. The van der Waals surface area contributed by atoms with Gasteiger partial charge in [-0.3, -0.25) is 9.10 Å². The highest BCUT2D eigenvalue weighted by Crippen LogP contribution is 2.25. The van der Waals surface area contributed by atoms with E-state index in [9.17, 15) is 13.2 Å². The van der Waals surface area contributed by atoms with Crippen LogP contribution in [0.1, 0.15) is 16.8 Å². The standard InChI is InChI=1S/C21H26N4O3S/c1-23-11-13-24(14-12-23)19-8-6-18(7-9-19)22-21(26)17-4-2-5-20(16-17)25-10-3-15-29(25,27)28/h2,4-9,16H,3,10-15H2,1H3,(H,22,26). The molecule has 154 valence electrons. The Bertz CT molecular complexity index is 983. The Morgan fingerprint density at radius 1 is 0.931 bits per heavy atom. The average Bonchev–Trinajstić information content (AvgIpc) is 3.08. The minimum atomic E-state index is -3.27. The van der Waals surface area contributed by atoms with Crippen molar-refractivity contribution in [3.8, 4) is 0 Å². The summed E-state index contributed by atoms with van der Waals surface area (Å²) in [4.78, 5) is 17.3. The summed E-state index contributed by atoms with van der Waals surface area (Å²) in [5, 5.41) is 2.90. The molecule has 29 heavy (non-hydrogen) atoms. The molecule has 2 aromatic carbocycles. The van der Waals surface area contributed by atoms with Crippen molar-refractivity contribution >= 4 is 33.0 Å². The minimum absolute atomic E-state index is 0.156. The van der Waals surface area contributed by atoms with Crippen molar-refractivity contribution in [1.29, 1.82) is 0 Å². The molecule has 2 aromatic rings. The van der Waals surface area contributed by atoms with E-state index in [0.717, 1.165) is 31.9 Å². The van der Waals surface area contributed by atoms with Gasteiger partial charge in [-0.15, -0.1) is 0 Å². The number of nitrogens with zero attached hydrogens (tertiary/aromatic N) is 3. The Kier molecular flexibility index (Phi) is 5.47. The zero-order valence-corrected chi connectivity index (χ0v) is 17.4. The number of anilines is 3. The smallest absolute Gasteiger partial charge is 0.255 e. The van der Waals surface area contributed by atoms with E-state index in [-0.39, 0.29) is 11.7 Å². The largest absolute Gasteiger partial charge is 0.369 e. The molecule has 0 unspecified atom stereocenters. The molecule has 0 aliphatic carbocycles. The van der Waals surface area contributed by atoms with Crippen LogP contribution in [0.25, 0.3) is 0 Å². The lowest BCUT2D eigenvalue weighted by molar-refractivity contribution is 0.102. The third kappa shape index (κ3) is 4.38. The van der Waals surface area contributed by atoms with E-state index in [0.29, 0.717) is 29.9 Å². The van der Waals surface area contributed by atoms with Crippen LogP contribution in [0, 0.1) is 0 Å². The van der Waals surface area contributed by atoms with Crippen LogP contribution in [-0.2, 0) is 10.0 Å². The van der Waals surface area contributed by atoms with Crippen LogP contribution in [-0.4, -0.2) is 64.7 Å². The number of carbonyl (C=O) groups is 1. The average molecular weight is 415 g/mol. The van der Waals surface area contributed by atoms with Gasteiger partial charge < -0.3 is 15.1 Å². The summed E-state index contributed by atoms with van der Waals surface area (Å²) in [5.41, 5.74) is 2.85. The summed E-state index contributed by atoms with van der Waals surface area (Å²) in [5.74, 6) is -0.0981. The van der Waals surface area contributed by atoms with E-state index >= 15 is 0 Å². The first-order valence-electron chi connectivity index (χ1n) is 9.88. The van der Waals surface area contributed by atoms with E-state index < -0.39 is 10.0 Å². The molecule has 2 heterocycles. The van der Waals surface area contributed by atoms with Gasteiger partial charge in [0, 0.05) is 49.7 Å². The number of carbonyl (C=O) groups excluding carboxylic acids is 1. The number of hydrogen-bond donors (Lipinski definition) is 1. The number of likely N-dealkylation sites (N-methyl/N-ethyl adjacent to an activating group) is 1. The first-order chi connectivity index (χ1) is 13.9. The maximum atomic E-state index is 12.7. The van der Waals surface area contributed by atoms with E-state index in [1.807, 2.05) is 24.3 Å². The van der Waals surface area contributed by atoms with Crippen LogP contribution in [0.3, 0.4) is 0 Å². The summed E-state index contributed by atoms with van der Waals surface area (Å²) < 4.78 is 25.7. The Morgan fingerprint density at radius 2 is 1.66 bits per heavy atom. The number of amides is 1. The minimum Gasteiger partial charge on any atom is -0.369 e. The molecular formula is C21H26N4O3S. The van der Waals surface area contributed by atoms with Crippen LogP contribution in [0.5, 0.6) is 0 Å². The van der Waals surface area contributed by atoms with Crippen molar-refractivity contribution in [2.45, 2.75) is 6.42 Å². The van der Waals surface area contributed by atoms with Crippen LogP contribution in [0.4, 0.5) is 17.1 Å². The fourth-order valence-electron chi connectivity index (χ4n) is 3.76. The molecule has 1 N–H and O–H groups in total. The molecule has 0 spiro atoms. The van der Waals surface area contributed by atoms with Gasteiger partial charge in [0.25, 0.3) is 5.91 Å². The Balaban J connectivity index is 1.44. The molecule has 2 aliphatic rings. The first kappa shape index (κ1) is 19.7. The maximum absolute atomic E-state index is 12.7. The highest BCUT2D eigenvalue weighted by atomic mass is 32.2. The number of sulfonamides is 1. The number of rotatable bonds is 4. The molecular weight excluding hydrogens is 388 g/mol. The quantitative estimate of drug-likeness (QED) is 0.831. The third-order valence-corrected chi connectivity index (χ3v) is 7.36. The second-order valence-electron chi connectivity index (χ2n) is 7.58. The zero-order chi connectivity index (χ0) is 20.4. The van der Waals surface area contributed by atoms with Crippen molar-refractivity contribution in [2.24, 2.45) is 0 Å². The molecule has 0 atom stereocenters. The molecule has 0 aromatic heterocycles. The number of hydrogen-bond acceptors (Lipinski definition) is 5. The van der Waals surface area contributed by atoms with Gasteiger partial charge in [0.15, 0.2) is 0 Å². The van der Waals surface area contributed by atoms with E-state index in [2.05, 4.69) is 22.2 Å². The molecule has 1 amide bonds. The molecule has 0 radical (unpaired) electrons. The summed E-state index contributed by atoms with van der Waals surface area (Å²) in [7, 11) is -1.14. The molecule has 2 aliphatic heterocycles. The van der Waals surface area contributed by atoms with Gasteiger partial charge in [-0.1, -0.05) is 6.07 Å². The predicted molar refractivity (Wildman–Crippen MR) is 116 cm³/mol. The van der Waals surface area contributed by atoms with Gasteiger partial charge in [0.1, 0.15) is 0 Å². The van der Waals surface area contributed by atoms with Crippen LogP contribution in [0.2, 0.25) is 0 Å². The highest BCUT2D eigenvalue weighted by molar-refractivity contribution is 7.93. The first-order valence-corrected chi connectivity index (χ1v) is 11.5. The van der Waals surface area contributed by atoms with Crippen molar-refractivity contribution < 1.29 is 13.2 Å². The van der Waals surface area contributed by atoms with Gasteiger partial charge in [0.05, 0.1) is 11.4 Å². The van der Waals surface area contributed by atoms with Crippen molar-refractivity contribution in [3.63, 3.8) is 0 Å². The predicted octanol–water partition coefficient (Wildman–Crippen LogP) is 2.23. The molecule has 8 heteroatoms. The van der Waals surface area contributed by atoms with Crippen LogP contribution < -0.4 is 14.5 Å². The second-order valence-corrected chi connectivity index (χ2v) is 9.60. The molecule has 0 bridgehead atoms. The molecule has 2 fully saturated rings. The number of nitrogens with one attached hydrogen (secondary N) is 1. The van der Waals surface area contributed by atoms with Gasteiger partial charge >= 0.3 is 0 Å². The zero-order valence-electron chi connectivity index (χ0n) is 16.5. The van der Waals surface area contributed by atoms with Gasteiger partial charge in [-0.25, -0.2) is 8.42 Å². The third-order valence-electron chi connectivity index (χ3n) is 5.49. The number of benzene rings is 2. The lowest BCUT2D eigenvalue weighted by Crippen LogP contribution is -2.44. The van der Waals surface area contributed by atoms with Gasteiger partial charge in [0.2, 0.25) is 10.0 Å². The SMILES string of the molecule is CN1CCN(c2ccc(NC(=O)c3cccc(N4CCCS4(=O)=O)c3)cc2)CC1. The maximum Gasteiger partial charge on any atom is 0.255 e. The number of piperazine rings is 1. The fourth-order valence-corrected chi connectivity index (χ4v) is 5.31. The lowest BCUT2D eigenvalue weighted by Gasteiger charge is -2.34. The Morgan fingerprint density at radius 3 is 2.31 bits per heavy atom. The Labute approximate surface area is 172 Å². The molecule has 7 nitrogen and oxygen atoms in total. The summed E-state index contributed by atoms with van der Waals surface area (Å²) in [6, 6.07) is 14.6. The van der Waals surface area contributed by atoms with E-state index in [1.165, 1.54) is 4.31 Å². The summed E-state index contributed by atoms with van der Waals surface area (Å²) >= 11 is 0. The summed E-state index contributed by atoms with van der Waals surface area (Å²) in [6.07, 6.45) is 0.610. The van der Waals surface area contributed by atoms with E-state index in [1.54, 1.807) is 24.3 Å². The van der Waals surface area contributed by atoms with Gasteiger partial charge in [-0.2, -0.15) is 0 Å². The van der Waals surface area contributed by atoms with Crippen LogP contribution >= 0.6 is 0 Å².